The summed E-state index contributed by atoms with van der Waals surface area (Å²) in [5.74, 6) is 0.764. The molecule has 0 amide bonds. The molecular formula is C14H11N3O2. The van der Waals surface area contributed by atoms with Gasteiger partial charge in [-0.3, -0.25) is 14.2 Å². The lowest BCUT2D eigenvalue weighted by atomic mass is 10.1. The molecule has 3 rings (SSSR count). The molecule has 2 aromatic heterocycles. The number of carbonyl (C=O) groups excluding carboxylic acids is 1. The van der Waals surface area contributed by atoms with Crippen LogP contribution in [0.1, 0.15) is 10.5 Å². The fraction of sp³-hybridized carbons (Fsp3) is 0.0714. The molecule has 5 nitrogen and oxygen atoms in total. The van der Waals surface area contributed by atoms with Crippen molar-refractivity contribution in [2.45, 2.75) is 0 Å². The van der Waals surface area contributed by atoms with Gasteiger partial charge in [0.25, 0.3) is 0 Å². The van der Waals surface area contributed by atoms with Crippen molar-refractivity contribution in [1.82, 2.24) is 14.4 Å². The maximum Gasteiger partial charge on any atom is 0.168 e. The van der Waals surface area contributed by atoms with E-state index in [9.17, 15) is 4.79 Å². The third-order valence-corrected chi connectivity index (χ3v) is 2.91. The Balaban J connectivity index is 2.16. The summed E-state index contributed by atoms with van der Waals surface area (Å²) in [6.45, 7) is 0. The SMILES string of the molecule is COc1cccc(-c2cn3c(C=O)cnc3cn2)c1. The van der Waals surface area contributed by atoms with E-state index < -0.39 is 0 Å². The third kappa shape index (κ3) is 1.95. The zero-order valence-corrected chi connectivity index (χ0v) is 10.3. The van der Waals surface area contributed by atoms with E-state index in [2.05, 4.69) is 9.97 Å². The van der Waals surface area contributed by atoms with E-state index in [1.807, 2.05) is 24.3 Å². The van der Waals surface area contributed by atoms with Crippen LogP contribution in [0.4, 0.5) is 0 Å². The van der Waals surface area contributed by atoms with Crippen molar-refractivity contribution >= 4 is 11.9 Å². The van der Waals surface area contributed by atoms with E-state index in [1.165, 1.54) is 6.20 Å². The molecule has 0 saturated heterocycles. The molecule has 1 aromatic carbocycles. The molecule has 3 aromatic rings. The number of rotatable bonds is 3. The van der Waals surface area contributed by atoms with Crippen LogP contribution in [0.3, 0.4) is 0 Å². The molecule has 0 spiro atoms. The van der Waals surface area contributed by atoms with Gasteiger partial charge in [0, 0.05) is 11.8 Å². The van der Waals surface area contributed by atoms with Gasteiger partial charge in [-0.2, -0.15) is 0 Å². The lowest BCUT2D eigenvalue weighted by Gasteiger charge is -2.05. The standard InChI is InChI=1S/C14H11N3O2/c1-19-12-4-2-3-10(5-12)13-8-17-11(9-18)6-16-14(17)7-15-13/h2-9H,1H3. The van der Waals surface area contributed by atoms with Crippen molar-refractivity contribution < 1.29 is 9.53 Å². The first-order chi connectivity index (χ1) is 9.31. The van der Waals surface area contributed by atoms with Crippen molar-refractivity contribution in [3.05, 3.63) is 48.5 Å². The smallest absolute Gasteiger partial charge is 0.168 e. The van der Waals surface area contributed by atoms with Gasteiger partial charge < -0.3 is 4.74 Å². The first kappa shape index (κ1) is 11.4. The summed E-state index contributed by atoms with van der Waals surface area (Å²) in [5.41, 5.74) is 2.83. The Kier molecular flexibility index (Phi) is 2.72. The monoisotopic (exact) mass is 253 g/mol. The summed E-state index contributed by atoms with van der Waals surface area (Å²) in [5, 5.41) is 0. The fourth-order valence-electron chi connectivity index (χ4n) is 1.93. The van der Waals surface area contributed by atoms with Crippen molar-refractivity contribution in [2.24, 2.45) is 0 Å². The summed E-state index contributed by atoms with van der Waals surface area (Å²) >= 11 is 0. The van der Waals surface area contributed by atoms with Crippen molar-refractivity contribution in [1.29, 1.82) is 0 Å². The molecule has 5 heteroatoms. The lowest BCUT2D eigenvalue weighted by Crippen LogP contribution is -1.94. The second kappa shape index (κ2) is 4.53. The van der Waals surface area contributed by atoms with E-state index in [4.69, 9.17) is 4.74 Å². The van der Waals surface area contributed by atoms with E-state index >= 15 is 0 Å². The Labute approximate surface area is 109 Å². The van der Waals surface area contributed by atoms with Gasteiger partial charge in [0.2, 0.25) is 0 Å². The number of hydrogen-bond donors (Lipinski definition) is 0. The van der Waals surface area contributed by atoms with Crippen molar-refractivity contribution in [3.8, 4) is 17.0 Å². The van der Waals surface area contributed by atoms with Crippen molar-refractivity contribution in [3.63, 3.8) is 0 Å². The van der Waals surface area contributed by atoms with E-state index in [-0.39, 0.29) is 0 Å². The van der Waals surface area contributed by atoms with Gasteiger partial charge in [-0.05, 0) is 12.1 Å². The van der Waals surface area contributed by atoms with Crippen LogP contribution in [-0.4, -0.2) is 27.8 Å². The molecule has 0 N–H and O–H groups in total. The third-order valence-electron chi connectivity index (χ3n) is 2.91. The zero-order valence-electron chi connectivity index (χ0n) is 10.3. The molecule has 0 atom stereocenters. The number of fused-ring (bicyclic) bond motifs is 1. The first-order valence-electron chi connectivity index (χ1n) is 5.74. The number of imidazole rings is 1. The van der Waals surface area contributed by atoms with Crippen LogP contribution in [0.15, 0.2) is 42.9 Å². The zero-order chi connectivity index (χ0) is 13.2. The van der Waals surface area contributed by atoms with E-state index in [0.717, 1.165) is 23.3 Å². The number of methoxy groups -OCH3 is 1. The normalized spacial score (nSPS) is 10.6. The van der Waals surface area contributed by atoms with Gasteiger partial charge in [0.1, 0.15) is 11.4 Å². The van der Waals surface area contributed by atoms with Crippen LogP contribution < -0.4 is 4.74 Å². The predicted molar refractivity (Wildman–Crippen MR) is 70.4 cm³/mol. The summed E-state index contributed by atoms with van der Waals surface area (Å²) in [6.07, 6.45) is 5.73. The van der Waals surface area contributed by atoms with Crippen LogP contribution in [-0.2, 0) is 0 Å². The minimum Gasteiger partial charge on any atom is -0.497 e. The van der Waals surface area contributed by atoms with Gasteiger partial charge in [-0.15, -0.1) is 0 Å². The number of hydrogen-bond acceptors (Lipinski definition) is 4. The molecule has 0 radical (unpaired) electrons. The second-order valence-electron chi connectivity index (χ2n) is 4.03. The van der Waals surface area contributed by atoms with Crippen molar-refractivity contribution in [2.75, 3.05) is 7.11 Å². The summed E-state index contributed by atoms with van der Waals surface area (Å²) in [4.78, 5) is 19.4. The molecule has 0 unspecified atom stereocenters. The highest BCUT2D eigenvalue weighted by molar-refractivity contribution is 5.74. The average molecular weight is 253 g/mol. The highest BCUT2D eigenvalue weighted by atomic mass is 16.5. The van der Waals surface area contributed by atoms with Gasteiger partial charge in [-0.25, -0.2) is 4.98 Å². The predicted octanol–water partition coefficient (Wildman–Crippen LogP) is 2.22. The Bertz CT molecular complexity index is 749. The number of nitrogens with zero attached hydrogens (tertiary/aromatic N) is 3. The Morgan fingerprint density at radius 1 is 1.26 bits per heavy atom. The number of ether oxygens (including phenoxy) is 1. The van der Waals surface area contributed by atoms with E-state index in [1.54, 1.807) is 23.9 Å². The largest absolute Gasteiger partial charge is 0.497 e. The second-order valence-corrected chi connectivity index (χ2v) is 4.03. The van der Waals surface area contributed by atoms with E-state index in [0.29, 0.717) is 11.3 Å². The minimum atomic E-state index is 0.501. The average Bonchev–Trinajstić information content (AvgIpc) is 2.89. The molecule has 0 aliphatic rings. The Morgan fingerprint density at radius 2 is 2.16 bits per heavy atom. The molecular weight excluding hydrogens is 242 g/mol. The molecule has 0 bridgehead atoms. The Morgan fingerprint density at radius 3 is 2.95 bits per heavy atom. The molecule has 19 heavy (non-hydrogen) atoms. The highest BCUT2D eigenvalue weighted by Crippen LogP contribution is 2.22. The topological polar surface area (TPSA) is 56.5 Å². The van der Waals surface area contributed by atoms with Crippen LogP contribution in [0.25, 0.3) is 16.9 Å². The molecule has 0 saturated carbocycles. The highest BCUT2D eigenvalue weighted by Gasteiger charge is 2.06. The number of aldehydes is 1. The summed E-state index contributed by atoms with van der Waals surface area (Å²) in [7, 11) is 1.62. The van der Waals surface area contributed by atoms with Crippen LogP contribution in [0.5, 0.6) is 5.75 Å². The van der Waals surface area contributed by atoms with Gasteiger partial charge in [0.15, 0.2) is 11.9 Å². The van der Waals surface area contributed by atoms with Gasteiger partial charge >= 0.3 is 0 Å². The first-order valence-corrected chi connectivity index (χ1v) is 5.74. The van der Waals surface area contributed by atoms with Crippen LogP contribution >= 0.6 is 0 Å². The van der Waals surface area contributed by atoms with Crippen LogP contribution in [0.2, 0.25) is 0 Å². The molecule has 0 fully saturated rings. The number of aromatic nitrogens is 3. The molecule has 0 aliphatic heterocycles. The minimum absolute atomic E-state index is 0.501. The maximum atomic E-state index is 10.9. The molecule has 94 valence electrons. The number of benzene rings is 1. The number of carbonyl (C=O) groups is 1. The maximum absolute atomic E-state index is 10.9. The summed E-state index contributed by atoms with van der Waals surface area (Å²) in [6, 6.07) is 7.60. The van der Waals surface area contributed by atoms with Crippen LogP contribution in [0, 0.1) is 0 Å². The molecule has 2 heterocycles. The molecule has 0 aliphatic carbocycles. The fourth-order valence-corrected chi connectivity index (χ4v) is 1.93. The van der Waals surface area contributed by atoms with Gasteiger partial charge in [-0.1, -0.05) is 12.1 Å². The summed E-state index contributed by atoms with van der Waals surface area (Å²) < 4.78 is 6.91. The Hall–Kier alpha value is -2.69. The van der Waals surface area contributed by atoms with Gasteiger partial charge in [0.05, 0.1) is 25.2 Å². The quantitative estimate of drug-likeness (QED) is 0.671. The lowest BCUT2D eigenvalue weighted by molar-refractivity contribution is 0.111.